The minimum atomic E-state index is -0.0421. The first-order chi connectivity index (χ1) is 7.58. The number of pyridine rings is 2. The van der Waals surface area contributed by atoms with Gasteiger partial charge in [0.15, 0.2) is 5.65 Å². The minimum Gasteiger partial charge on any atom is -0.300 e. The van der Waals surface area contributed by atoms with Crippen molar-refractivity contribution in [1.29, 1.82) is 0 Å². The summed E-state index contributed by atoms with van der Waals surface area (Å²) in [6.45, 7) is 3.43. The quantitative estimate of drug-likeness (QED) is 0.730. The van der Waals surface area contributed by atoms with Gasteiger partial charge in [0.1, 0.15) is 5.82 Å². The van der Waals surface area contributed by atoms with Crippen LogP contribution in [-0.4, -0.2) is 22.9 Å². The molecule has 16 heavy (non-hydrogen) atoms. The Bertz CT molecular complexity index is 551. The van der Waals surface area contributed by atoms with E-state index in [0.717, 1.165) is 11.1 Å². The van der Waals surface area contributed by atoms with E-state index in [-0.39, 0.29) is 5.91 Å². The van der Waals surface area contributed by atoms with Crippen LogP contribution >= 0.6 is 0 Å². The highest BCUT2D eigenvalue weighted by atomic mass is 16.2. The van der Waals surface area contributed by atoms with Crippen molar-refractivity contribution < 1.29 is 4.79 Å². The van der Waals surface area contributed by atoms with Gasteiger partial charge in [-0.1, -0.05) is 0 Å². The van der Waals surface area contributed by atoms with Crippen molar-refractivity contribution in [2.75, 3.05) is 11.9 Å². The lowest BCUT2D eigenvalue weighted by Gasteiger charge is -2.13. The molecular weight excluding hydrogens is 202 g/mol. The summed E-state index contributed by atoms with van der Waals surface area (Å²) in [5.74, 6) is 0.581. The van der Waals surface area contributed by atoms with Crippen molar-refractivity contribution >= 4 is 22.8 Å². The van der Waals surface area contributed by atoms with Crippen LogP contribution in [-0.2, 0) is 4.79 Å². The molecule has 0 spiro atoms. The molecule has 2 aromatic heterocycles. The number of carbonyl (C=O) groups excluding carboxylic acids is 1. The fourth-order valence-electron chi connectivity index (χ4n) is 1.43. The summed E-state index contributed by atoms with van der Waals surface area (Å²) in [5.41, 5.74) is 1.59. The van der Waals surface area contributed by atoms with Gasteiger partial charge in [0.05, 0.1) is 0 Å². The first kappa shape index (κ1) is 10.5. The maximum atomic E-state index is 11.2. The second-order valence-corrected chi connectivity index (χ2v) is 3.75. The van der Waals surface area contributed by atoms with E-state index in [0.29, 0.717) is 11.5 Å². The largest absolute Gasteiger partial charge is 0.300 e. The summed E-state index contributed by atoms with van der Waals surface area (Å²) >= 11 is 0. The van der Waals surface area contributed by atoms with Crippen LogP contribution in [0.2, 0.25) is 0 Å². The Morgan fingerprint density at radius 2 is 1.88 bits per heavy atom. The van der Waals surface area contributed by atoms with Crippen molar-refractivity contribution in [3.8, 4) is 0 Å². The normalized spacial score (nSPS) is 10.4. The molecule has 0 radical (unpaired) electrons. The number of rotatable bonds is 1. The van der Waals surface area contributed by atoms with Gasteiger partial charge in [-0.25, -0.2) is 9.97 Å². The van der Waals surface area contributed by atoms with Crippen LogP contribution in [0.5, 0.6) is 0 Å². The molecule has 4 heteroatoms. The topological polar surface area (TPSA) is 46.1 Å². The maximum absolute atomic E-state index is 11.2. The first-order valence-corrected chi connectivity index (χ1v) is 5.06. The molecule has 0 aliphatic rings. The van der Waals surface area contributed by atoms with E-state index in [1.807, 2.05) is 31.2 Å². The van der Waals surface area contributed by atoms with Crippen LogP contribution in [0.1, 0.15) is 12.6 Å². The van der Waals surface area contributed by atoms with Crippen LogP contribution in [0.4, 0.5) is 5.82 Å². The van der Waals surface area contributed by atoms with Crippen molar-refractivity contribution in [3.63, 3.8) is 0 Å². The van der Waals surface area contributed by atoms with Gasteiger partial charge in [-0.2, -0.15) is 0 Å². The predicted molar refractivity (Wildman–Crippen MR) is 63.4 cm³/mol. The van der Waals surface area contributed by atoms with Gasteiger partial charge < -0.3 is 4.90 Å². The summed E-state index contributed by atoms with van der Waals surface area (Å²) in [7, 11) is 1.70. The number of fused-ring (bicyclic) bond motifs is 1. The Labute approximate surface area is 93.9 Å². The van der Waals surface area contributed by atoms with Crippen molar-refractivity contribution in [2.45, 2.75) is 13.8 Å². The highest BCUT2D eigenvalue weighted by Crippen LogP contribution is 2.16. The van der Waals surface area contributed by atoms with Crippen LogP contribution in [0.3, 0.4) is 0 Å². The van der Waals surface area contributed by atoms with Gasteiger partial charge in [0.25, 0.3) is 0 Å². The molecular formula is C12H13N3O. The average molecular weight is 215 g/mol. The molecule has 2 heterocycles. The standard InChI is InChI=1S/C12H13N3O/c1-8-4-5-10-6-7-11(14-12(10)13-8)15(3)9(2)16/h4-7H,1-3H3. The average Bonchev–Trinajstić information content (AvgIpc) is 2.26. The van der Waals surface area contributed by atoms with Gasteiger partial charge in [-0.15, -0.1) is 0 Å². The zero-order valence-electron chi connectivity index (χ0n) is 9.56. The lowest BCUT2D eigenvalue weighted by Crippen LogP contribution is -2.23. The smallest absolute Gasteiger partial charge is 0.224 e. The molecule has 0 unspecified atom stereocenters. The summed E-state index contributed by atoms with van der Waals surface area (Å²) in [6, 6.07) is 7.66. The Hall–Kier alpha value is -1.97. The Kier molecular flexibility index (Phi) is 2.56. The van der Waals surface area contributed by atoms with Crippen LogP contribution < -0.4 is 4.90 Å². The Balaban J connectivity index is 2.54. The second kappa shape index (κ2) is 3.89. The van der Waals surface area contributed by atoms with Crippen molar-refractivity contribution in [3.05, 3.63) is 30.0 Å². The third-order valence-electron chi connectivity index (χ3n) is 2.49. The van der Waals surface area contributed by atoms with Gasteiger partial charge in [0, 0.05) is 25.1 Å². The lowest BCUT2D eigenvalue weighted by atomic mass is 10.2. The predicted octanol–water partition coefficient (Wildman–Crippen LogP) is 1.92. The Morgan fingerprint density at radius 1 is 1.19 bits per heavy atom. The molecule has 0 N–H and O–H groups in total. The molecule has 2 rings (SSSR count). The number of aromatic nitrogens is 2. The highest BCUT2D eigenvalue weighted by Gasteiger charge is 2.07. The van der Waals surface area contributed by atoms with Crippen molar-refractivity contribution in [1.82, 2.24) is 9.97 Å². The molecule has 4 nitrogen and oxygen atoms in total. The highest BCUT2D eigenvalue weighted by molar-refractivity contribution is 5.91. The van der Waals surface area contributed by atoms with E-state index in [1.165, 1.54) is 11.8 Å². The second-order valence-electron chi connectivity index (χ2n) is 3.75. The summed E-state index contributed by atoms with van der Waals surface area (Å²) in [4.78, 5) is 21.4. The molecule has 0 aromatic carbocycles. The molecule has 1 amide bonds. The van der Waals surface area contributed by atoms with Gasteiger partial charge in [-0.3, -0.25) is 4.79 Å². The SMILES string of the molecule is CC(=O)N(C)c1ccc2ccc(C)nc2n1. The summed E-state index contributed by atoms with van der Waals surface area (Å²) in [6.07, 6.45) is 0. The van der Waals surface area contributed by atoms with Crippen molar-refractivity contribution in [2.24, 2.45) is 0 Å². The molecule has 0 aliphatic heterocycles. The summed E-state index contributed by atoms with van der Waals surface area (Å²) < 4.78 is 0. The molecule has 0 fully saturated rings. The number of carbonyl (C=O) groups is 1. The molecule has 0 atom stereocenters. The number of aryl methyl sites for hydroxylation is 1. The maximum Gasteiger partial charge on any atom is 0.224 e. The number of hydrogen-bond donors (Lipinski definition) is 0. The fourth-order valence-corrected chi connectivity index (χ4v) is 1.43. The van der Waals surface area contributed by atoms with E-state index >= 15 is 0 Å². The van der Waals surface area contributed by atoms with Gasteiger partial charge in [0.2, 0.25) is 5.91 Å². The van der Waals surface area contributed by atoms with Crippen LogP contribution in [0, 0.1) is 6.92 Å². The fraction of sp³-hybridized carbons (Fsp3) is 0.250. The minimum absolute atomic E-state index is 0.0421. The summed E-state index contributed by atoms with van der Waals surface area (Å²) in [5, 5.41) is 0.978. The molecule has 0 saturated carbocycles. The number of anilines is 1. The zero-order valence-corrected chi connectivity index (χ0v) is 9.56. The van der Waals surface area contributed by atoms with E-state index in [1.54, 1.807) is 7.05 Å². The third-order valence-corrected chi connectivity index (χ3v) is 2.49. The van der Waals surface area contributed by atoms with Crippen LogP contribution in [0.25, 0.3) is 11.0 Å². The molecule has 0 saturated heterocycles. The molecule has 0 bridgehead atoms. The van der Waals surface area contributed by atoms with Gasteiger partial charge >= 0.3 is 0 Å². The third kappa shape index (κ3) is 1.86. The molecule has 82 valence electrons. The van der Waals surface area contributed by atoms with Crippen LogP contribution in [0.15, 0.2) is 24.3 Å². The number of hydrogen-bond acceptors (Lipinski definition) is 3. The van der Waals surface area contributed by atoms with E-state index in [2.05, 4.69) is 9.97 Å². The molecule has 2 aromatic rings. The Morgan fingerprint density at radius 3 is 2.56 bits per heavy atom. The van der Waals surface area contributed by atoms with Gasteiger partial charge in [-0.05, 0) is 31.2 Å². The lowest BCUT2D eigenvalue weighted by molar-refractivity contribution is -0.116. The number of nitrogens with zero attached hydrogens (tertiary/aromatic N) is 3. The monoisotopic (exact) mass is 215 g/mol. The first-order valence-electron chi connectivity index (χ1n) is 5.06. The van der Waals surface area contributed by atoms with E-state index in [4.69, 9.17) is 0 Å². The zero-order chi connectivity index (χ0) is 11.7. The molecule has 0 aliphatic carbocycles. The van der Waals surface area contributed by atoms with E-state index < -0.39 is 0 Å². The van der Waals surface area contributed by atoms with E-state index in [9.17, 15) is 4.79 Å². The number of amides is 1.